The summed E-state index contributed by atoms with van der Waals surface area (Å²) in [6, 6.07) is 1.93. The van der Waals surface area contributed by atoms with Gasteiger partial charge in [0.2, 0.25) is 17.5 Å². The van der Waals surface area contributed by atoms with Crippen LogP contribution in [-0.2, 0) is 4.79 Å². The monoisotopic (exact) mass is 558 g/mol. The van der Waals surface area contributed by atoms with Crippen molar-refractivity contribution < 1.29 is 28.5 Å². The van der Waals surface area contributed by atoms with Crippen LogP contribution < -0.4 is 18.9 Å². The van der Waals surface area contributed by atoms with E-state index in [1.165, 1.54) is 33.5 Å². The van der Waals surface area contributed by atoms with Gasteiger partial charge < -0.3 is 28.9 Å². The lowest BCUT2D eigenvalue weighted by atomic mass is 10.1. The number of rotatable bonds is 6. The van der Waals surface area contributed by atoms with Crippen molar-refractivity contribution in [2.24, 2.45) is 0 Å². The zero-order valence-corrected chi connectivity index (χ0v) is 22.9. The number of hydrogen-bond acceptors (Lipinski definition) is 8. The quantitative estimate of drug-likeness (QED) is 0.199. The molecule has 0 unspecified atom stereocenters. The van der Waals surface area contributed by atoms with Gasteiger partial charge in [0, 0.05) is 24.7 Å². The van der Waals surface area contributed by atoms with E-state index in [1.54, 1.807) is 20.4 Å². The van der Waals surface area contributed by atoms with Gasteiger partial charge in [-0.3, -0.25) is 9.59 Å². The number of pyridine rings is 2. The minimum absolute atomic E-state index is 0.259. The molecule has 0 bridgehead atoms. The van der Waals surface area contributed by atoms with Crippen LogP contribution in [0.1, 0.15) is 17.3 Å². The van der Waals surface area contributed by atoms with Crippen LogP contribution in [0.2, 0.25) is 0 Å². The minimum atomic E-state index is -1.72. The molecule has 4 rings (SSSR count). The Hall–Kier alpha value is -2.68. The fraction of sp³-hybridized carbons (Fsp3) is 0.238. The van der Waals surface area contributed by atoms with E-state index < -0.39 is 23.0 Å². The van der Waals surface area contributed by atoms with Gasteiger partial charge in [-0.2, -0.15) is 0 Å². The number of carbonyl (C=O) groups excluding carboxylic acids is 2. The first-order valence-corrected chi connectivity index (χ1v) is 15.0. The number of hydrogen-bond donors (Lipinski definition) is 2. The van der Waals surface area contributed by atoms with Gasteiger partial charge in [-0.1, -0.05) is 0 Å². The highest BCUT2D eigenvalue weighted by Gasteiger charge is 2.21. The van der Waals surface area contributed by atoms with Gasteiger partial charge in [0.15, 0.2) is 5.78 Å². The number of carbonyl (C=O) groups is 2. The molecule has 4 aromatic heterocycles. The molecule has 0 saturated carbocycles. The third-order valence-electron chi connectivity index (χ3n) is 4.56. The Morgan fingerprint density at radius 3 is 1.91 bits per heavy atom. The van der Waals surface area contributed by atoms with Crippen molar-refractivity contribution in [2.45, 2.75) is 6.92 Å². The van der Waals surface area contributed by atoms with E-state index in [1.807, 2.05) is 12.3 Å². The molecule has 4 aromatic rings. The number of nitrogens with one attached hydrogen (secondary N) is 2. The first-order chi connectivity index (χ1) is 16.7. The van der Waals surface area contributed by atoms with E-state index in [4.69, 9.17) is 49.1 Å². The maximum absolute atomic E-state index is 11.8. The van der Waals surface area contributed by atoms with Crippen molar-refractivity contribution in [1.82, 2.24) is 19.9 Å². The number of H-pyrrole nitrogens is 2. The predicted molar refractivity (Wildman–Crippen MR) is 137 cm³/mol. The topological polar surface area (TPSA) is 128 Å². The smallest absolute Gasteiger partial charge is 0.494 e. The molecule has 0 radical (unpaired) electrons. The van der Waals surface area contributed by atoms with Crippen molar-refractivity contribution in [2.75, 3.05) is 28.4 Å². The molecule has 0 aliphatic carbocycles. The largest absolute Gasteiger partial charge is 0.643 e. The minimum Gasteiger partial charge on any atom is -0.494 e. The van der Waals surface area contributed by atoms with E-state index in [0.717, 1.165) is 16.7 Å². The summed E-state index contributed by atoms with van der Waals surface area (Å²) in [6.07, 6.45) is 6.39. The Kier molecular flexibility index (Phi) is 11.0. The zero-order chi connectivity index (χ0) is 26.1. The molecule has 0 aliphatic heterocycles. The van der Waals surface area contributed by atoms with Crippen molar-refractivity contribution in [1.29, 1.82) is 0 Å². The molecular weight excluding hydrogens is 538 g/mol. The number of fused-ring (bicyclic) bond motifs is 2. The fourth-order valence-electron chi connectivity index (χ4n) is 3.09. The van der Waals surface area contributed by atoms with Crippen molar-refractivity contribution in [3.8, 4) is 23.3 Å². The molecule has 35 heavy (non-hydrogen) atoms. The van der Waals surface area contributed by atoms with Crippen LogP contribution in [0.5, 0.6) is 23.3 Å². The Morgan fingerprint density at radius 1 is 0.857 bits per heavy atom. The molecule has 2 N–H and O–H groups in total. The highest BCUT2D eigenvalue weighted by Crippen LogP contribution is 2.33. The first-order valence-electron chi connectivity index (χ1n) is 9.79. The maximum Gasteiger partial charge on any atom is 0.643 e. The summed E-state index contributed by atoms with van der Waals surface area (Å²) in [6.45, 7) is 1.23. The van der Waals surface area contributed by atoms with Crippen LogP contribution in [-0.4, -0.2) is 71.3 Å². The van der Waals surface area contributed by atoms with Gasteiger partial charge >= 0.3 is 11.4 Å². The van der Waals surface area contributed by atoms with Gasteiger partial charge in [0.25, 0.3) is 0 Å². The van der Waals surface area contributed by atoms with Crippen molar-refractivity contribution in [3.63, 3.8) is 0 Å². The molecule has 0 atom stereocenters. The van der Waals surface area contributed by atoms with Gasteiger partial charge in [-0.15, -0.1) is 0 Å². The SMILES string of the molecule is COc1cnc(OC)c2[nH]ccc12.COc1ncc(OC)c2c(C(=O)C(C)=O)c[nH]c12.[Cl][Al]([Cl])[Cl]. The molecule has 0 spiro atoms. The summed E-state index contributed by atoms with van der Waals surface area (Å²) in [5.41, 5.74) is 1.65. The van der Waals surface area contributed by atoms with Gasteiger partial charge in [0.1, 0.15) is 22.5 Å². The Labute approximate surface area is 217 Å². The lowest BCUT2D eigenvalue weighted by Gasteiger charge is -2.05. The van der Waals surface area contributed by atoms with Gasteiger partial charge in [0.05, 0.1) is 51.8 Å². The molecule has 186 valence electrons. The molecule has 14 heteroatoms. The number of Topliss-reactive ketones (excluding diaryl/α,β-unsaturated/α-hetero) is 2. The summed E-state index contributed by atoms with van der Waals surface area (Å²) < 4.78 is 20.5. The van der Waals surface area contributed by atoms with Crippen LogP contribution >= 0.6 is 30.1 Å². The third kappa shape index (κ3) is 6.93. The normalized spacial score (nSPS) is 9.94. The third-order valence-corrected chi connectivity index (χ3v) is 4.56. The summed E-state index contributed by atoms with van der Waals surface area (Å²) in [4.78, 5) is 37.0. The van der Waals surface area contributed by atoms with Gasteiger partial charge in [-0.05, 0) is 6.07 Å². The standard InChI is InChI=1S/C12H12N2O4.C9H10N2O2.Al.3ClH/c1-6(15)11(16)7-4-13-10-9(7)8(17-2)5-14-12(10)18-3;1-12-7-5-11-9(13-2)8-6(7)3-4-10-8;;;;/h4-5,13H,1-3H3;3-5,10H,1-2H3;;3*1H/q;;+3;;;/p-3. The van der Waals surface area contributed by atoms with Crippen molar-refractivity contribution in [3.05, 3.63) is 36.4 Å². The van der Waals surface area contributed by atoms with Crippen LogP contribution in [0, 0.1) is 0 Å². The summed E-state index contributed by atoms with van der Waals surface area (Å²) in [7, 11) is 21.0. The molecule has 0 aromatic carbocycles. The fourth-order valence-corrected chi connectivity index (χ4v) is 3.09. The molecule has 0 saturated heterocycles. The summed E-state index contributed by atoms with van der Waals surface area (Å²) >= 11 is -1.72. The summed E-state index contributed by atoms with van der Waals surface area (Å²) in [5, 5.41) is 1.49. The molecular formula is C21H22AlCl3N4O6. The van der Waals surface area contributed by atoms with Crippen LogP contribution in [0.25, 0.3) is 21.8 Å². The Morgan fingerprint density at radius 2 is 1.40 bits per heavy atom. The number of nitrogens with zero attached hydrogens (tertiary/aromatic N) is 2. The van der Waals surface area contributed by atoms with E-state index >= 15 is 0 Å². The highest BCUT2D eigenvalue weighted by atomic mass is 35.8. The number of halogens is 3. The van der Waals surface area contributed by atoms with E-state index in [9.17, 15) is 9.59 Å². The summed E-state index contributed by atoms with van der Waals surface area (Å²) in [5.74, 6) is 0.976. The molecule has 4 heterocycles. The van der Waals surface area contributed by atoms with Crippen molar-refractivity contribution >= 4 is 74.9 Å². The maximum atomic E-state index is 11.8. The lowest BCUT2D eigenvalue weighted by molar-refractivity contribution is -0.113. The number of ether oxygens (including phenoxy) is 4. The van der Waals surface area contributed by atoms with E-state index in [2.05, 4.69) is 19.9 Å². The average molecular weight is 560 g/mol. The molecule has 0 fully saturated rings. The van der Waals surface area contributed by atoms with Gasteiger partial charge in [-0.25, -0.2) is 40.1 Å². The van der Waals surface area contributed by atoms with Crippen LogP contribution in [0.4, 0.5) is 0 Å². The number of aromatic amines is 2. The first kappa shape index (κ1) is 28.6. The van der Waals surface area contributed by atoms with Crippen LogP contribution in [0.3, 0.4) is 0 Å². The zero-order valence-electron chi connectivity index (χ0n) is 19.4. The van der Waals surface area contributed by atoms with E-state index in [0.29, 0.717) is 28.4 Å². The van der Waals surface area contributed by atoms with E-state index in [-0.39, 0.29) is 5.56 Å². The Bertz CT molecular complexity index is 1270. The second-order valence-corrected chi connectivity index (χ2v) is 13.0. The number of methoxy groups -OCH3 is 4. The lowest BCUT2D eigenvalue weighted by Crippen LogP contribution is -2.09. The highest BCUT2D eigenvalue weighted by molar-refractivity contribution is 7.54. The second-order valence-electron chi connectivity index (χ2n) is 6.52. The van der Waals surface area contributed by atoms with Crippen LogP contribution in [0.15, 0.2) is 30.9 Å². The number of ketones is 2. The predicted octanol–water partition coefficient (Wildman–Crippen LogP) is 4.62. The molecule has 0 aliphatic rings. The Balaban J connectivity index is 0.000000222. The molecule has 10 nitrogen and oxygen atoms in total. The molecule has 0 amide bonds. The average Bonchev–Trinajstić information content (AvgIpc) is 3.50. The second kappa shape index (κ2) is 13.4. The number of aromatic nitrogens is 4.